The monoisotopic (exact) mass is 189 g/mol. The van der Waals surface area contributed by atoms with E-state index in [-0.39, 0.29) is 0 Å². The largest absolute Gasteiger partial charge is 0.230 e. The molecule has 62 valence electrons. The highest BCUT2D eigenvalue weighted by molar-refractivity contribution is 7.15. The van der Waals surface area contributed by atoms with Crippen LogP contribution < -0.4 is 0 Å². The Hall–Kier alpha value is -0.0800. The highest BCUT2D eigenvalue weighted by Crippen LogP contribution is 2.22. The highest BCUT2D eigenvalue weighted by Gasteiger charge is 2.03. The summed E-state index contributed by atoms with van der Waals surface area (Å²) >= 11 is 7.33. The predicted molar refractivity (Wildman–Crippen MR) is 50.5 cm³/mol. The topological polar surface area (TPSA) is 12.9 Å². The molecule has 1 heterocycles. The van der Waals surface area contributed by atoms with E-state index >= 15 is 0 Å². The number of unbranched alkanes of at least 4 members (excludes halogenated alkanes) is 1. The lowest BCUT2D eigenvalue weighted by Gasteiger charge is -1.93. The van der Waals surface area contributed by atoms with Gasteiger partial charge in [0.05, 0.1) is 5.69 Å². The molecular weight excluding hydrogens is 178 g/mol. The van der Waals surface area contributed by atoms with E-state index in [1.54, 1.807) is 11.3 Å². The third kappa shape index (κ3) is 2.46. The van der Waals surface area contributed by atoms with Crippen LogP contribution in [0.5, 0.6) is 0 Å². The second-order valence-electron chi connectivity index (χ2n) is 2.57. The van der Waals surface area contributed by atoms with Crippen molar-refractivity contribution in [3.05, 3.63) is 15.0 Å². The Morgan fingerprint density at radius 3 is 2.73 bits per heavy atom. The van der Waals surface area contributed by atoms with E-state index in [0.29, 0.717) is 4.47 Å². The number of halogens is 1. The first-order valence-corrected chi connectivity index (χ1v) is 5.05. The molecule has 0 amide bonds. The lowest BCUT2D eigenvalue weighted by Crippen LogP contribution is -1.86. The van der Waals surface area contributed by atoms with Crippen molar-refractivity contribution in [3.63, 3.8) is 0 Å². The molecule has 0 aliphatic heterocycles. The first-order chi connectivity index (χ1) is 5.24. The SMILES string of the molecule is CCCCc1nc(Cl)sc1C. The van der Waals surface area contributed by atoms with Crippen LogP contribution >= 0.6 is 22.9 Å². The average Bonchev–Trinajstić information content (AvgIpc) is 2.26. The molecule has 0 radical (unpaired) electrons. The summed E-state index contributed by atoms with van der Waals surface area (Å²) in [5.74, 6) is 0. The Kier molecular flexibility index (Phi) is 3.34. The maximum Gasteiger partial charge on any atom is 0.184 e. The van der Waals surface area contributed by atoms with Gasteiger partial charge in [-0.3, -0.25) is 0 Å². The van der Waals surface area contributed by atoms with Crippen LogP contribution in [0.4, 0.5) is 0 Å². The molecule has 0 unspecified atom stereocenters. The minimum atomic E-state index is 0.675. The molecule has 0 spiro atoms. The minimum absolute atomic E-state index is 0.675. The van der Waals surface area contributed by atoms with E-state index in [9.17, 15) is 0 Å². The Balaban J connectivity index is 2.62. The van der Waals surface area contributed by atoms with Crippen molar-refractivity contribution in [3.8, 4) is 0 Å². The molecule has 0 aliphatic rings. The number of nitrogens with zero attached hydrogens (tertiary/aromatic N) is 1. The molecule has 0 aromatic carbocycles. The molecule has 0 atom stereocenters. The van der Waals surface area contributed by atoms with Gasteiger partial charge in [0.25, 0.3) is 0 Å². The highest BCUT2D eigenvalue weighted by atomic mass is 35.5. The van der Waals surface area contributed by atoms with Crippen LogP contribution in [0.3, 0.4) is 0 Å². The summed E-state index contributed by atoms with van der Waals surface area (Å²) in [6, 6.07) is 0. The lowest BCUT2D eigenvalue weighted by molar-refractivity contribution is 0.777. The summed E-state index contributed by atoms with van der Waals surface area (Å²) in [7, 11) is 0. The van der Waals surface area contributed by atoms with Gasteiger partial charge in [-0.15, -0.1) is 11.3 Å². The first-order valence-electron chi connectivity index (χ1n) is 3.86. The van der Waals surface area contributed by atoms with Gasteiger partial charge in [0.1, 0.15) is 0 Å². The van der Waals surface area contributed by atoms with Crippen LogP contribution in [-0.4, -0.2) is 4.98 Å². The quantitative estimate of drug-likeness (QED) is 0.710. The fourth-order valence-electron chi connectivity index (χ4n) is 0.969. The zero-order valence-corrected chi connectivity index (χ0v) is 8.43. The van der Waals surface area contributed by atoms with Gasteiger partial charge >= 0.3 is 0 Å². The van der Waals surface area contributed by atoms with Crippen molar-refractivity contribution >= 4 is 22.9 Å². The molecule has 1 nitrogen and oxygen atoms in total. The van der Waals surface area contributed by atoms with E-state index in [1.165, 1.54) is 23.4 Å². The molecule has 0 saturated heterocycles. The van der Waals surface area contributed by atoms with Crippen LogP contribution in [0.2, 0.25) is 4.47 Å². The maximum atomic E-state index is 5.75. The Morgan fingerprint density at radius 1 is 1.55 bits per heavy atom. The number of aryl methyl sites for hydroxylation is 2. The van der Waals surface area contributed by atoms with Crippen molar-refractivity contribution < 1.29 is 0 Å². The van der Waals surface area contributed by atoms with E-state index in [1.807, 2.05) is 0 Å². The van der Waals surface area contributed by atoms with Crippen LogP contribution in [0.1, 0.15) is 30.3 Å². The molecule has 3 heteroatoms. The van der Waals surface area contributed by atoms with E-state index in [2.05, 4.69) is 18.8 Å². The number of thiazole rings is 1. The Bertz CT molecular complexity index is 232. The van der Waals surface area contributed by atoms with E-state index in [0.717, 1.165) is 6.42 Å². The molecule has 0 fully saturated rings. The van der Waals surface area contributed by atoms with Crippen LogP contribution in [0, 0.1) is 6.92 Å². The van der Waals surface area contributed by atoms with Gasteiger partial charge in [-0.25, -0.2) is 4.98 Å². The molecular formula is C8H12ClNS. The van der Waals surface area contributed by atoms with Gasteiger partial charge in [-0.05, 0) is 19.8 Å². The summed E-state index contributed by atoms with van der Waals surface area (Å²) in [6.45, 7) is 4.26. The van der Waals surface area contributed by atoms with Crippen molar-refractivity contribution in [1.29, 1.82) is 0 Å². The first kappa shape index (κ1) is 9.01. The zero-order valence-electron chi connectivity index (χ0n) is 6.85. The summed E-state index contributed by atoms with van der Waals surface area (Å²) < 4.78 is 0.675. The Morgan fingerprint density at radius 2 is 2.27 bits per heavy atom. The molecule has 1 aromatic rings. The van der Waals surface area contributed by atoms with Gasteiger partial charge in [0.15, 0.2) is 4.47 Å². The summed E-state index contributed by atoms with van der Waals surface area (Å²) in [5.41, 5.74) is 1.18. The molecule has 0 saturated carbocycles. The van der Waals surface area contributed by atoms with Gasteiger partial charge in [0, 0.05) is 4.88 Å². The second-order valence-corrected chi connectivity index (χ2v) is 4.36. The van der Waals surface area contributed by atoms with Crippen molar-refractivity contribution in [2.24, 2.45) is 0 Å². The van der Waals surface area contributed by atoms with Crippen molar-refractivity contribution in [2.75, 3.05) is 0 Å². The third-order valence-electron chi connectivity index (χ3n) is 1.63. The normalized spacial score (nSPS) is 10.5. The van der Waals surface area contributed by atoms with Gasteiger partial charge < -0.3 is 0 Å². The Labute approximate surface area is 76.4 Å². The van der Waals surface area contributed by atoms with Crippen LogP contribution in [0.25, 0.3) is 0 Å². The van der Waals surface area contributed by atoms with E-state index in [4.69, 9.17) is 11.6 Å². The number of hydrogen-bond acceptors (Lipinski definition) is 2. The number of aromatic nitrogens is 1. The standard InChI is InChI=1S/C8H12ClNS/c1-3-4-5-7-6(2)11-8(9)10-7/h3-5H2,1-2H3. The summed E-state index contributed by atoms with van der Waals surface area (Å²) in [6.07, 6.45) is 3.50. The fraction of sp³-hybridized carbons (Fsp3) is 0.625. The second kappa shape index (κ2) is 4.07. The summed E-state index contributed by atoms with van der Waals surface area (Å²) in [5, 5.41) is 0. The molecule has 11 heavy (non-hydrogen) atoms. The smallest absolute Gasteiger partial charge is 0.184 e. The van der Waals surface area contributed by atoms with Crippen molar-refractivity contribution in [1.82, 2.24) is 4.98 Å². The molecule has 0 aliphatic carbocycles. The lowest BCUT2D eigenvalue weighted by atomic mass is 10.2. The molecule has 0 bridgehead atoms. The van der Waals surface area contributed by atoms with Crippen molar-refractivity contribution in [2.45, 2.75) is 33.1 Å². The zero-order chi connectivity index (χ0) is 8.27. The molecule has 0 N–H and O–H groups in total. The molecule has 1 rings (SSSR count). The van der Waals surface area contributed by atoms with Crippen LogP contribution in [0.15, 0.2) is 0 Å². The van der Waals surface area contributed by atoms with Gasteiger partial charge in [0.2, 0.25) is 0 Å². The average molecular weight is 190 g/mol. The van der Waals surface area contributed by atoms with Crippen LogP contribution in [-0.2, 0) is 6.42 Å². The minimum Gasteiger partial charge on any atom is -0.230 e. The number of hydrogen-bond donors (Lipinski definition) is 0. The predicted octanol–water partition coefficient (Wildman–Crippen LogP) is 3.45. The van der Waals surface area contributed by atoms with E-state index < -0.39 is 0 Å². The number of rotatable bonds is 3. The maximum absolute atomic E-state index is 5.75. The fourth-order valence-corrected chi connectivity index (χ4v) is 2.09. The van der Waals surface area contributed by atoms with Gasteiger partial charge in [-0.1, -0.05) is 24.9 Å². The molecule has 1 aromatic heterocycles. The van der Waals surface area contributed by atoms with Gasteiger partial charge in [-0.2, -0.15) is 0 Å². The third-order valence-corrected chi connectivity index (χ3v) is 2.75. The summed E-state index contributed by atoms with van der Waals surface area (Å²) in [4.78, 5) is 5.50.